The number of nitrogens with two attached hydrogens (primary N) is 1. The first-order valence-corrected chi connectivity index (χ1v) is 18.0. The van der Waals surface area contributed by atoms with E-state index >= 15 is 0 Å². The van der Waals surface area contributed by atoms with E-state index in [1.165, 1.54) is 4.88 Å². The molecule has 2 aliphatic carbocycles. The van der Waals surface area contributed by atoms with Gasteiger partial charge in [0.2, 0.25) is 11.8 Å². The predicted molar refractivity (Wildman–Crippen MR) is 179 cm³/mol. The van der Waals surface area contributed by atoms with Crippen molar-refractivity contribution in [3.63, 3.8) is 0 Å². The van der Waals surface area contributed by atoms with Gasteiger partial charge in [-0.05, 0) is 83.5 Å². The van der Waals surface area contributed by atoms with Crippen LogP contribution in [0.2, 0.25) is 0 Å². The van der Waals surface area contributed by atoms with Crippen LogP contribution in [0.25, 0.3) is 11.5 Å². The van der Waals surface area contributed by atoms with Gasteiger partial charge in [-0.1, -0.05) is 5.16 Å². The van der Waals surface area contributed by atoms with Crippen molar-refractivity contribution in [2.75, 3.05) is 37.4 Å². The lowest BCUT2D eigenvalue weighted by molar-refractivity contribution is 0.116. The topological polar surface area (TPSA) is 152 Å². The van der Waals surface area contributed by atoms with Gasteiger partial charge in [-0.2, -0.15) is 10.2 Å². The molecule has 0 amide bonds. The van der Waals surface area contributed by atoms with Crippen molar-refractivity contribution in [3.8, 4) is 23.5 Å². The third kappa shape index (κ3) is 4.28. The largest absolute Gasteiger partial charge is 0.473 e. The van der Waals surface area contributed by atoms with Gasteiger partial charge in [0.25, 0.3) is 0 Å². The molecule has 0 aromatic carbocycles. The number of rotatable bonds is 5. The van der Waals surface area contributed by atoms with E-state index < -0.39 is 11.0 Å². The summed E-state index contributed by atoms with van der Waals surface area (Å²) in [5.74, 6) is 2.55. The third-order valence-corrected chi connectivity index (χ3v) is 12.6. The van der Waals surface area contributed by atoms with Crippen molar-refractivity contribution >= 4 is 22.3 Å². The molecule has 3 aliphatic heterocycles. The molecule has 248 valence electrons. The Morgan fingerprint density at radius 1 is 1.12 bits per heavy atom. The summed E-state index contributed by atoms with van der Waals surface area (Å²) in [4.78, 5) is 25.6. The minimum absolute atomic E-state index is 0.0780. The Hall–Kier alpha value is -4.12. The predicted octanol–water partition coefficient (Wildman–Crippen LogP) is 4.89. The number of nitrogen functional groups attached to an aromatic ring is 1. The SMILES string of the molecule is C[C@H](Oc1nc(-c2noc3c2CCC[C@@]32CCCc3sc(N)c(C#N)c32)nc2c1CN(c1ncccn1)[C@@]21CCOC1)[C@@H]1CCCN1C. The van der Waals surface area contributed by atoms with Gasteiger partial charge in [0, 0.05) is 41.9 Å². The Bertz CT molecular complexity index is 1930. The number of nitriles is 1. The molecule has 13 heteroatoms. The van der Waals surface area contributed by atoms with Gasteiger partial charge in [0.1, 0.15) is 22.7 Å². The lowest BCUT2D eigenvalue weighted by Crippen LogP contribution is -2.43. The molecule has 5 aliphatic rings. The van der Waals surface area contributed by atoms with Crippen LogP contribution < -0.4 is 15.4 Å². The number of aryl methyl sites for hydroxylation is 1. The van der Waals surface area contributed by atoms with E-state index in [1.54, 1.807) is 23.7 Å². The van der Waals surface area contributed by atoms with Gasteiger partial charge in [-0.15, -0.1) is 11.3 Å². The highest BCUT2D eigenvalue weighted by molar-refractivity contribution is 7.16. The van der Waals surface area contributed by atoms with Gasteiger partial charge in [0.15, 0.2) is 17.3 Å². The van der Waals surface area contributed by atoms with Crippen molar-refractivity contribution in [2.24, 2.45) is 0 Å². The number of hydrogen-bond acceptors (Lipinski definition) is 13. The highest BCUT2D eigenvalue weighted by Gasteiger charge is 2.53. The Balaban J connectivity index is 1.20. The van der Waals surface area contributed by atoms with E-state index in [0.29, 0.717) is 59.7 Å². The molecule has 2 saturated heterocycles. The van der Waals surface area contributed by atoms with Crippen LogP contribution >= 0.6 is 11.3 Å². The monoisotopic (exact) mass is 665 g/mol. The maximum atomic E-state index is 10.2. The number of likely N-dealkylation sites (N-methyl/N-ethyl adjacent to an activating group) is 1. The number of ether oxygens (including phenoxy) is 2. The lowest BCUT2D eigenvalue weighted by atomic mass is 9.63. The van der Waals surface area contributed by atoms with Crippen LogP contribution in [0.4, 0.5) is 10.9 Å². The molecule has 2 fully saturated rings. The first-order chi connectivity index (χ1) is 23.4. The Morgan fingerprint density at radius 3 is 2.71 bits per heavy atom. The maximum Gasteiger partial charge on any atom is 0.226 e. The fraction of sp³-hybridized carbons (Fsp3) is 0.543. The zero-order chi connectivity index (χ0) is 32.6. The van der Waals surface area contributed by atoms with Gasteiger partial charge in [0.05, 0.1) is 35.4 Å². The van der Waals surface area contributed by atoms with Crippen LogP contribution in [-0.4, -0.2) is 68.9 Å². The molecule has 2 N–H and O–H groups in total. The smallest absolute Gasteiger partial charge is 0.226 e. The number of aromatic nitrogens is 5. The summed E-state index contributed by atoms with van der Waals surface area (Å²) in [6, 6.07) is 4.55. The zero-order valence-corrected chi connectivity index (χ0v) is 28.2. The average Bonchev–Trinajstić information content (AvgIpc) is 3.93. The minimum Gasteiger partial charge on any atom is -0.473 e. The lowest BCUT2D eigenvalue weighted by Gasteiger charge is -2.39. The van der Waals surface area contributed by atoms with Crippen LogP contribution in [0.15, 0.2) is 23.0 Å². The highest BCUT2D eigenvalue weighted by Crippen LogP contribution is 2.55. The summed E-state index contributed by atoms with van der Waals surface area (Å²) < 4.78 is 19.3. The van der Waals surface area contributed by atoms with Crippen LogP contribution in [0.3, 0.4) is 0 Å². The molecule has 48 heavy (non-hydrogen) atoms. The fourth-order valence-electron chi connectivity index (χ4n) is 9.28. The van der Waals surface area contributed by atoms with Gasteiger partial charge in [-0.3, -0.25) is 4.90 Å². The van der Waals surface area contributed by atoms with Crippen molar-refractivity contribution in [2.45, 2.75) is 94.4 Å². The third-order valence-electron chi connectivity index (χ3n) is 11.5. The Labute approximate surface area is 283 Å². The minimum atomic E-state index is -0.556. The standard InChI is InChI=1S/C35H39N9O3S/c1-20(24-8-5-15-43(24)2)46-32-23-18-44(33-38-13-6-14-39-33)35(12-16-45-19-35)28(23)40-31(41-32)27-21-7-3-10-34(29(21)47-42-27)11-4-9-25-26(34)22(17-36)30(37)48-25/h6,13-14,20,24H,3-5,7-12,15-16,18-19,37H2,1-2H3/t20-,24-,34-,35+/m0/s1. The number of nitrogens with zero attached hydrogens (tertiary/aromatic N) is 8. The van der Waals surface area contributed by atoms with Crippen molar-refractivity contribution in [1.82, 2.24) is 30.0 Å². The molecule has 7 heterocycles. The normalized spacial score (nSPS) is 26.9. The summed E-state index contributed by atoms with van der Waals surface area (Å²) in [5.41, 5.74) is 10.6. The van der Waals surface area contributed by atoms with Gasteiger partial charge < -0.3 is 24.6 Å². The van der Waals surface area contributed by atoms with Crippen LogP contribution in [-0.2, 0) is 35.1 Å². The average molecular weight is 666 g/mol. The van der Waals surface area contributed by atoms with Crippen LogP contribution in [0.1, 0.15) is 90.5 Å². The molecular formula is C35H39N9O3S. The second-order valence-electron chi connectivity index (χ2n) is 14.0. The summed E-state index contributed by atoms with van der Waals surface area (Å²) in [6.45, 7) is 4.79. The Kier molecular flexibility index (Phi) is 7.01. The van der Waals surface area contributed by atoms with E-state index in [4.69, 9.17) is 34.9 Å². The molecule has 12 nitrogen and oxygen atoms in total. The summed E-state index contributed by atoms with van der Waals surface area (Å²) in [7, 11) is 2.17. The molecule has 9 rings (SSSR count). The van der Waals surface area contributed by atoms with Crippen molar-refractivity contribution in [1.29, 1.82) is 5.26 Å². The number of anilines is 2. The molecule has 0 radical (unpaired) electrons. The molecule has 4 aromatic rings. The summed E-state index contributed by atoms with van der Waals surface area (Å²) >= 11 is 1.55. The number of hydrogen-bond donors (Lipinski definition) is 1. The van der Waals surface area contributed by atoms with E-state index in [-0.39, 0.29) is 6.10 Å². The van der Waals surface area contributed by atoms with Gasteiger partial charge >= 0.3 is 0 Å². The van der Waals surface area contributed by atoms with Crippen LogP contribution in [0, 0.1) is 11.3 Å². The van der Waals surface area contributed by atoms with E-state index in [1.807, 2.05) is 6.07 Å². The molecule has 2 spiro atoms. The van der Waals surface area contributed by atoms with Crippen molar-refractivity contribution in [3.05, 3.63) is 57.0 Å². The fourth-order valence-corrected chi connectivity index (χ4v) is 10.4. The number of thiophene rings is 1. The quantitative estimate of drug-likeness (QED) is 0.309. The van der Waals surface area contributed by atoms with E-state index in [9.17, 15) is 5.26 Å². The highest BCUT2D eigenvalue weighted by atomic mass is 32.1. The molecule has 0 unspecified atom stereocenters. The van der Waals surface area contributed by atoms with Crippen LogP contribution in [0.5, 0.6) is 5.88 Å². The molecule has 0 bridgehead atoms. The number of likely N-dealkylation sites (tertiary alicyclic amines) is 1. The summed E-state index contributed by atoms with van der Waals surface area (Å²) in [5, 5.41) is 15.5. The first-order valence-electron chi connectivity index (χ1n) is 17.2. The second-order valence-corrected chi connectivity index (χ2v) is 15.2. The Morgan fingerprint density at radius 2 is 1.96 bits per heavy atom. The first kappa shape index (κ1) is 30.0. The maximum absolute atomic E-state index is 10.2. The molecule has 4 aromatic heterocycles. The molecule has 0 saturated carbocycles. The van der Waals surface area contributed by atoms with Gasteiger partial charge in [-0.25, -0.2) is 15.0 Å². The second kappa shape index (κ2) is 11.2. The molecular weight excluding hydrogens is 627 g/mol. The van der Waals surface area contributed by atoms with E-state index in [2.05, 4.69) is 39.8 Å². The van der Waals surface area contributed by atoms with Crippen molar-refractivity contribution < 1.29 is 14.0 Å². The molecule has 4 atom stereocenters. The number of fused-ring (bicyclic) bond motifs is 6. The van der Waals surface area contributed by atoms with E-state index in [0.717, 1.165) is 92.5 Å². The zero-order valence-electron chi connectivity index (χ0n) is 27.4. The summed E-state index contributed by atoms with van der Waals surface area (Å²) in [6.07, 6.45) is 11.9.